The summed E-state index contributed by atoms with van der Waals surface area (Å²) in [6.45, 7) is 4.24. The summed E-state index contributed by atoms with van der Waals surface area (Å²) in [6.07, 6.45) is 8.76. The van der Waals surface area contributed by atoms with Crippen LogP contribution in [0.5, 0.6) is 17.2 Å². The molecule has 1 N–H and O–H groups in total. The maximum Gasteiger partial charge on any atom is 0.205 e. The summed E-state index contributed by atoms with van der Waals surface area (Å²) in [5, 5.41) is 1.08. The fourth-order valence-corrected chi connectivity index (χ4v) is 3.24. The molecule has 2 aromatic heterocycles. The van der Waals surface area contributed by atoms with Crippen LogP contribution in [-0.2, 0) is 6.42 Å². The molecule has 3 aromatic rings. The molecule has 0 bridgehead atoms. The maximum atomic E-state index is 15.2. The summed E-state index contributed by atoms with van der Waals surface area (Å²) in [5.41, 5.74) is 2.02. The van der Waals surface area contributed by atoms with E-state index in [-0.39, 0.29) is 11.8 Å². The van der Waals surface area contributed by atoms with E-state index in [2.05, 4.69) is 15.0 Å². The number of ether oxygens (including phenoxy) is 2. The number of aromatic nitrogens is 2. The van der Waals surface area contributed by atoms with Gasteiger partial charge in [0.25, 0.3) is 0 Å². The predicted octanol–water partition coefficient (Wildman–Crippen LogP) is 3.46. The molecule has 3 heterocycles. The smallest absolute Gasteiger partial charge is 0.205 e. The number of aromatic amines is 1. The second-order valence-corrected chi connectivity index (χ2v) is 6.86. The molecule has 6 heteroatoms. The molecule has 0 radical (unpaired) electrons. The molecule has 0 aliphatic carbocycles. The first-order valence-electron chi connectivity index (χ1n) is 9.37. The Hall–Kier alpha value is -3.15. The van der Waals surface area contributed by atoms with Crippen LogP contribution >= 0.6 is 0 Å². The van der Waals surface area contributed by atoms with Gasteiger partial charge in [0, 0.05) is 29.9 Å². The van der Waals surface area contributed by atoms with Gasteiger partial charge in [0.15, 0.2) is 11.6 Å². The van der Waals surface area contributed by atoms with E-state index in [0.29, 0.717) is 28.7 Å². The Morgan fingerprint density at radius 3 is 2.75 bits per heavy atom. The molecule has 1 aliphatic rings. The summed E-state index contributed by atoms with van der Waals surface area (Å²) in [4.78, 5) is 11.5. The van der Waals surface area contributed by atoms with Crippen LogP contribution in [-0.4, -0.2) is 22.6 Å². The summed E-state index contributed by atoms with van der Waals surface area (Å²) >= 11 is 0. The normalized spacial score (nSPS) is 14.9. The third kappa shape index (κ3) is 3.76. The quantitative estimate of drug-likeness (QED) is 0.640. The van der Waals surface area contributed by atoms with E-state index in [9.17, 15) is 0 Å². The zero-order valence-corrected chi connectivity index (χ0v) is 15.9. The number of aryl methyl sites for hydroxylation is 2. The van der Waals surface area contributed by atoms with Crippen LogP contribution in [0.1, 0.15) is 24.6 Å². The number of hydrogen-bond donors (Lipinski definition) is 1. The van der Waals surface area contributed by atoms with Gasteiger partial charge < -0.3 is 14.5 Å². The molecule has 0 spiro atoms. The van der Waals surface area contributed by atoms with Crippen molar-refractivity contribution in [3.05, 3.63) is 70.5 Å². The lowest BCUT2D eigenvalue weighted by molar-refractivity contribution is 0.290. The molecule has 0 saturated heterocycles. The molecule has 1 aromatic carbocycles. The second kappa shape index (κ2) is 7.84. The van der Waals surface area contributed by atoms with E-state index in [0.717, 1.165) is 18.5 Å². The van der Waals surface area contributed by atoms with Crippen LogP contribution in [0.4, 0.5) is 4.39 Å². The average molecular weight is 379 g/mol. The van der Waals surface area contributed by atoms with Crippen molar-refractivity contribution in [3.8, 4) is 17.2 Å². The number of H-pyrrole nitrogens is 1. The highest BCUT2D eigenvalue weighted by molar-refractivity contribution is 5.49. The minimum atomic E-state index is -0.435. The van der Waals surface area contributed by atoms with E-state index in [4.69, 9.17) is 9.47 Å². The van der Waals surface area contributed by atoms with Crippen molar-refractivity contribution in [2.75, 3.05) is 6.61 Å². The second-order valence-electron chi connectivity index (χ2n) is 6.86. The molecule has 0 fully saturated rings. The van der Waals surface area contributed by atoms with Crippen LogP contribution in [0.25, 0.3) is 6.08 Å². The Balaban J connectivity index is 1.57. The van der Waals surface area contributed by atoms with Crippen LogP contribution in [0.3, 0.4) is 0 Å². The van der Waals surface area contributed by atoms with Gasteiger partial charge >= 0.3 is 0 Å². The van der Waals surface area contributed by atoms with Crippen LogP contribution < -0.4 is 20.0 Å². The van der Waals surface area contributed by atoms with Gasteiger partial charge in [-0.15, -0.1) is 0 Å². The molecule has 28 heavy (non-hydrogen) atoms. The first kappa shape index (κ1) is 18.2. The van der Waals surface area contributed by atoms with Gasteiger partial charge in [-0.3, -0.25) is 9.98 Å². The summed E-state index contributed by atoms with van der Waals surface area (Å²) < 4.78 is 27.0. The van der Waals surface area contributed by atoms with Gasteiger partial charge in [-0.25, -0.2) is 4.39 Å². The third-order valence-electron chi connectivity index (χ3n) is 4.69. The fourth-order valence-electron chi connectivity index (χ4n) is 3.24. The SMILES string of the molecule is Cc1[nH]ccc1Oc1c(OCCCc2ccncc2)cc2c(c1F)=CC(C)N=2. The Morgan fingerprint density at radius 2 is 2.00 bits per heavy atom. The first-order valence-corrected chi connectivity index (χ1v) is 9.37. The first-order chi connectivity index (χ1) is 13.6. The van der Waals surface area contributed by atoms with Crippen molar-refractivity contribution in [1.82, 2.24) is 9.97 Å². The predicted molar refractivity (Wildman–Crippen MR) is 105 cm³/mol. The van der Waals surface area contributed by atoms with Gasteiger partial charge in [0.05, 0.1) is 23.7 Å². The summed E-state index contributed by atoms with van der Waals surface area (Å²) in [7, 11) is 0. The molecule has 1 aliphatic heterocycles. The lowest BCUT2D eigenvalue weighted by atomic mass is 10.1. The monoisotopic (exact) mass is 379 g/mol. The van der Waals surface area contributed by atoms with Gasteiger partial charge in [-0.2, -0.15) is 0 Å². The van der Waals surface area contributed by atoms with Gasteiger partial charge in [0.2, 0.25) is 5.75 Å². The van der Waals surface area contributed by atoms with Gasteiger partial charge in [-0.1, -0.05) is 0 Å². The number of hydrogen-bond acceptors (Lipinski definition) is 4. The number of rotatable bonds is 7. The number of fused-ring (bicyclic) bond motifs is 1. The zero-order valence-electron chi connectivity index (χ0n) is 15.9. The summed E-state index contributed by atoms with van der Waals surface area (Å²) in [6, 6.07) is 7.44. The van der Waals surface area contributed by atoms with E-state index in [1.54, 1.807) is 36.8 Å². The third-order valence-corrected chi connectivity index (χ3v) is 4.69. The molecular formula is C22H22FN3O2. The van der Waals surface area contributed by atoms with Crippen molar-refractivity contribution in [1.29, 1.82) is 0 Å². The standard InChI is InChI=1S/C22H22FN3O2/c1-14-12-17-18(26-14)13-20(27-11-3-4-16-5-8-24-9-6-16)22(21(17)23)28-19-7-10-25-15(19)2/h5-10,12-14,25H,3-4,11H2,1-2H3. The molecule has 0 saturated carbocycles. The van der Waals surface area contributed by atoms with Crippen molar-refractivity contribution >= 4 is 6.08 Å². The van der Waals surface area contributed by atoms with Crippen molar-refractivity contribution in [2.45, 2.75) is 32.7 Å². The van der Waals surface area contributed by atoms with E-state index in [1.165, 1.54) is 5.56 Å². The highest BCUT2D eigenvalue weighted by Crippen LogP contribution is 2.33. The van der Waals surface area contributed by atoms with Crippen LogP contribution in [0.15, 0.2) is 47.8 Å². The minimum Gasteiger partial charge on any atom is -0.489 e. The van der Waals surface area contributed by atoms with Gasteiger partial charge in [0.1, 0.15) is 5.75 Å². The highest BCUT2D eigenvalue weighted by atomic mass is 19.1. The molecule has 4 rings (SSSR count). The van der Waals surface area contributed by atoms with E-state index < -0.39 is 5.82 Å². The Labute approximate surface area is 162 Å². The molecule has 1 atom stereocenters. The number of nitrogens with one attached hydrogen (secondary N) is 1. The Kier molecular flexibility index (Phi) is 5.10. The number of halogens is 1. The topological polar surface area (TPSA) is 59.5 Å². The van der Waals surface area contributed by atoms with Crippen LogP contribution in [0, 0.1) is 12.7 Å². The Morgan fingerprint density at radius 1 is 1.18 bits per heavy atom. The van der Waals surface area contributed by atoms with Crippen molar-refractivity contribution in [3.63, 3.8) is 0 Å². The molecule has 0 amide bonds. The number of pyridine rings is 1. The molecular weight excluding hydrogens is 357 g/mol. The number of nitrogens with zero attached hydrogens (tertiary/aromatic N) is 2. The van der Waals surface area contributed by atoms with Gasteiger partial charge in [-0.05, 0) is 56.5 Å². The van der Waals surface area contributed by atoms with Crippen molar-refractivity contribution < 1.29 is 13.9 Å². The lowest BCUT2D eigenvalue weighted by Gasteiger charge is -2.13. The largest absolute Gasteiger partial charge is 0.489 e. The molecule has 144 valence electrons. The Bertz CT molecular complexity index is 1090. The summed E-state index contributed by atoms with van der Waals surface area (Å²) in [5.74, 6) is 0.613. The lowest BCUT2D eigenvalue weighted by Crippen LogP contribution is -2.26. The molecule has 5 nitrogen and oxygen atoms in total. The van der Waals surface area contributed by atoms with E-state index in [1.807, 2.05) is 26.0 Å². The zero-order chi connectivity index (χ0) is 19.5. The average Bonchev–Trinajstić information content (AvgIpc) is 3.27. The van der Waals surface area contributed by atoms with Crippen molar-refractivity contribution in [2.24, 2.45) is 4.99 Å². The minimum absolute atomic E-state index is 0.0618. The number of benzene rings is 1. The maximum absolute atomic E-state index is 15.2. The van der Waals surface area contributed by atoms with Crippen LogP contribution in [0.2, 0.25) is 0 Å². The van der Waals surface area contributed by atoms with E-state index >= 15 is 4.39 Å². The fraction of sp³-hybridized carbons (Fsp3) is 0.273. The highest BCUT2D eigenvalue weighted by Gasteiger charge is 2.20. The molecule has 1 unspecified atom stereocenters.